The van der Waals surface area contributed by atoms with Crippen LogP contribution >= 0.6 is 28.3 Å². The van der Waals surface area contributed by atoms with E-state index in [2.05, 4.69) is 21.0 Å². The van der Waals surface area contributed by atoms with E-state index < -0.39 is 11.9 Å². The summed E-state index contributed by atoms with van der Waals surface area (Å²) in [5.74, 6) is -1.42. The molecular formula is C17H19BrClN3O3. The molecule has 0 saturated carbocycles. The number of halogens is 2. The van der Waals surface area contributed by atoms with Crippen molar-refractivity contribution < 1.29 is 14.7 Å². The summed E-state index contributed by atoms with van der Waals surface area (Å²) < 4.78 is 2.80. The molecule has 25 heavy (non-hydrogen) atoms. The van der Waals surface area contributed by atoms with Gasteiger partial charge in [-0.05, 0) is 60.5 Å². The highest BCUT2D eigenvalue weighted by Crippen LogP contribution is 2.24. The molecule has 0 aliphatic carbocycles. The molecule has 0 spiro atoms. The Bertz CT molecular complexity index is 804. The van der Waals surface area contributed by atoms with Crippen LogP contribution in [0.25, 0.3) is 5.69 Å². The van der Waals surface area contributed by atoms with Gasteiger partial charge in [-0.25, -0.2) is 4.68 Å². The van der Waals surface area contributed by atoms with Crippen LogP contribution in [0.1, 0.15) is 28.2 Å². The number of hydrogen-bond donors (Lipinski definition) is 1. The number of carboxylic acid groups (broad SMARTS) is 1. The summed E-state index contributed by atoms with van der Waals surface area (Å²) in [7, 11) is 0. The summed E-state index contributed by atoms with van der Waals surface area (Å²) in [6.07, 6.45) is 0.513. The van der Waals surface area contributed by atoms with Crippen molar-refractivity contribution in [2.24, 2.45) is 5.92 Å². The van der Waals surface area contributed by atoms with Crippen molar-refractivity contribution in [3.05, 3.63) is 45.7 Å². The van der Waals surface area contributed by atoms with Gasteiger partial charge in [0.25, 0.3) is 5.91 Å². The number of nitrogens with zero attached hydrogens (tertiary/aromatic N) is 3. The summed E-state index contributed by atoms with van der Waals surface area (Å²) in [6.45, 7) is 4.67. The molecule has 1 N–H and O–H groups in total. The van der Waals surface area contributed by atoms with Crippen LogP contribution in [-0.4, -0.2) is 44.8 Å². The molecule has 1 aliphatic rings. The number of likely N-dealkylation sites (tertiary alicyclic amines) is 1. The van der Waals surface area contributed by atoms with E-state index in [1.807, 2.05) is 30.7 Å². The van der Waals surface area contributed by atoms with Crippen LogP contribution in [0, 0.1) is 19.8 Å². The van der Waals surface area contributed by atoms with Gasteiger partial charge in [-0.15, -0.1) is 12.4 Å². The number of rotatable bonds is 3. The van der Waals surface area contributed by atoms with Crippen molar-refractivity contribution in [2.45, 2.75) is 20.3 Å². The third-order valence-electron chi connectivity index (χ3n) is 4.39. The zero-order valence-corrected chi connectivity index (χ0v) is 16.3. The monoisotopic (exact) mass is 427 g/mol. The van der Waals surface area contributed by atoms with E-state index in [0.29, 0.717) is 18.5 Å². The minimum Gasteiger partial charge on any atom is -0.481 e. The molecule has 6 nitrogen and oxygen atoms in total. The van der Waals surface area contributed by atoms with E-state index in [0.717, 1.165) is 21.5 Å². The summed E-state index contributed by atoms with van der Waals surface area (Å²) in [4.78, 5) is 25.1. The molecule has 1 atom stereocenters. The Hall–Kier alpha value is -1.86. The smallest absolute Gasteiger partial charge is 0.308 e. The lowest BCUT2D eigenvalue weighted by Gasteiger charge is -2.16. The molecule has 2 heterocycles. The molecule has 1 saturated heterocycles. The molecule has 1 fully saturated rings. The topological polar surface area (TPSA) is 75.4 Å². The molecule has 1 unspecified atom stereocenters. The first-order valence-corrected chi connectivity index (χ1v) is 8.52. The standard InChI is InChI=1S/C17H18BrN3O3.ClH/c1-10-15(18)11(2)21(19-10)14-5-3-12(4-6-14)16(22)20-8-7-13(9-20)17(23)24;/h3-6,13H,7-9H2,1-2H3,(H,23,24);1H. The number of aliphatic carboxylic acids is 1. The van der Waals surface area contributed by atoms with Crippen molar-refractivity contribution in [1.29, 1.82) is 0 Å². The molecular weight excluding hydrogens is 410 g/mol. The number of aryl methyl sites for hydroxylation is 1. The Morgan fingerprint density at radius 3 is 2.36 bits per heavy atom. The van der Waals surface area contributed by atoms with Crippen LogP contribution in [0.15, 0.2) is 28.7 Å². The molecule has 0 radical (unpaired) electrons. The molecule has 3 rings (SSSR count). The fourth-order valence-corrected chi connectivity index (χ4v) is 3.20. The van der Waals surface area contributed by atoms with E-state index in [1.54, 1.807) is 17.0 Å². The van der Waals surface area contributed by atoms with Gasteiger partial charge >= 0.3 is 5.97 Å². The van der Waals surface area contributed by atoms with Crippen LogP contribution < -0.4 is 0 Å². The second kappa shape index (κ2) is 7.58. The average molecular weight is 429 g/mol. The predicted molar refractivity (Wildman–Crippen MR) is 99.6 cm³/mol. The number of carbonyl (C=O) groups is 2. The Morgan fingerprint density at radius 2 is 1.88 bits per heavy atom. The Balaban J connectivity index is 0.00000225. The first-order chi connectivity index (χ1) is 11.4. The van der Waals surface area contributed by atoms with Crippen molar-refractivity contribution in [3.8, 4) is 5.69 Å². The molecule has 8 heteroatoms. The minimum absolute atomic E-state index is 0. The third-order valence-corrected chi connectivity index (χ3v) is 5.53. The van der Waals surface area contributed by atoms with Crippen LogP contribution in [-0.2, 0) is 4.79 Å². The fraction of sp³-hybridized carbons (Fsp3) is 0.353. The van der Waals surface area contributed by atoms with E-state index in [-0.39, 0.29) is 24.9 Å². The molecule has 134 valence electrons. The summed E-state index contributed by atoms with van der Waals surface area (Å²) >= 11 is 3.50. The lowest BCUT2D eigenvalue weighted by atomic mass is 10.1. The van der Waals surface area contributed by atoms with Crippen LogP contribution in [0.2, 0.25) is 0 Å². The molecule has 1 aromatic heterocycles. The van der Waals surface area contributed by atoms with Crippen LogP contribution in [0.5, 0.6) is 0 Å². The largest absolute Gasteiger partial charge is 0.481 e. The van der Waals surface area contributed by atoms with Gasteiger partial charge in [0, 0.05) is 18.7 Å². The van der Waals surface area contributed by atoms with Gasteiger partial charge in [0.15, 0.2) is 0 Å². The van der Waals surface area contributed by atoms with Crippen molar-refractivity contribution in [2.75, 3.05) is 13.1 Å². The van der Waals surface area contributed by atoms with Crippen molar-refractivity contribution >= 4 is 40.2 Å². The van der Waals surface area contributed by atoms with Gasteiger partial charge in [-0.3, -0.25) is 9.59 Å². The normalized spacial score (nSPS) is 16.6. The average Bonchev–Trinajstić information content (AvgIpc) is 3.16. The van der Waals surface area contributed by atoms with Gasteiger partial charge in [-0.1, -0.05) is 0 Å². The maximum atomic E-state index is 12.5. The summed E-state index contributed by atoms with van der Waals surface area (Å²) in [5, 5.41) is 13.5. The Labute approximate surface area is 160 Å². The quantitative estimate of drug-likeness (QED) is 0.814. The van der Waals surface area contributed by atoms with Gasteiger partial charge < -0.3 is 10.0 Å². The lowest BCUT2D eigenvalue weighted by molar-refractivity contribution is -0.141. The van der Waals surface area contributed by atoms with Gasteiger partial charge in [0.05, 0.1) is 27.5 Å². The highest BCUT2D eigenvalue weighted by molar-refractivity contribution is 9.10. The molecule has 0 bridgehead atoms. The Kier molecular flexibility index (Phi) is 5.90. The van der Waals surface area contributed by atoms with Crippen LogP contribution in [0.3, 0.4) is 0 Å². The summed E-state index contributed by atoms with van der Waals surface area (Å²) in [6, 6.07) is 7.22. The molecule has 1 aromatic carbocycles. The van der Waals surface area contributed by atoms with Gasteiger partial charge in [-0.2, -0.15) is 5.10 Å². The zero-order valence-electron chi connectivity index (χ0n) is 13.9. The molecule has 1 aliphatic heterocycles. The highest BCUT2D eigenvalue weighted by Gasteiger charge is 2.31. The Morgan fingerprint density at radius 1 is 1.24 bits per heavy atom. The van der Waals surface area contributed by atoms with Crippen LogP contribution in [0.4, 0.5) is 0 Å². The first-order valence-electron chi connectivity index (χ1n) is 7.72. The van der Waals surface area contributed by atoms with Gasteiger partial charge in [0.1, 0.15) is 0 Å². The SMILES string of the molecule is Cc1nn(-c2ccc(C(=O)N3CCC(C(=O)O)C3)cc2)c(C)c1Br.Cl. The van der Waals surface area contributed by atoms with Gasteiger partial charge in [0.2, 0.25) is 0 Å². The number of hydrogen-bond acceptors (Lipinski definition) is 3. The van der Waals surface area contributed by atoms with E-state index in [1.165, 1.54) is 0 Å². The van der Waals surface area contributed by atoms with E-state index in [9.17, 15) is 9.59 Å². The van der Waals surface area contributed by atoms with Crippen molar-refractivity contribution in [3.63, 3.8) is 0 Å². The number of amides is 1. The highest BCUT2D eigenvalue weighted by atomic mass is 79.9. The number of aromatic nitrogens is 2. The number of carboxylic acids is 1. The predicted octanol–water partition coefficient (Wildman–Crippen LogP) is 3.22. The fourth-order valence-electron chi connectivity index (χ4n) is 2.95. The second-order valence-electron chi connectivity index (χ2n) is 6.02. The lowest BCUT2D eigenvalue weighted by Crippen LogP contribution is -2.29. The third kappa shape index (κ3) is 3.72. The van der Waals surface area contributed by atoms with Crippen molar-refractivity contribution in [1.82, 2.24) is 14.7 Å². The first kappa shape index (κ1) is 19.5. The second-order valence-corrected chi connectivity index (χ2v) is 6.81. The van der Waals surface area contributed by atoms with E-state index >= 15 is 0 Å². The number of carbonyl (C=O) groups excluding carboxylic acids is 1. The molecule has 1 amide bonds. The van der Waals surface area contributed by atoms with E-state index in [4.69, 9.17) is 5.11 Å². The zero-order chi connectivity index (χ0) is 17.4. The minimum atomic E-state index is -0.837. The molecule has 2 aromatic rings. The maximum absolute atomic E-state index is 12.5. The number of benzene rings is 1. The maximum Gasteiger partial charge on any atom is 0.308 e. The summed E-state index contributed by atoms with van der Waals surface area (Å²) in [5.41, 5.74) is 3.34.